The maximum atomic E-state index is 9.79. The molecule has 19 heavy (non-hydrogen) atoms. The van der Waals surface area contributed by atoms with Crippen LogP contribution in [0.2, 0.25) is 0 Å². The molecule has 7 heteroatoms. The number of aliphatic hydroxyl groups excluding tert-OH is 5. The van der Waals surface area contributed by atoms with E-state index >= 15 is 0 Å². The second-order valence-corrected chi connectivity index (χ2v) is 4.87. The predicted molar refractivity (Wildman–Crippen MR) is 63.0 cm³/mol. The molecule has 1 aliphatic carbocycles. The van der Waals surface area contributed by atoms with Crippen molar-refractivity contribution >= 4 is 0 Å². The molecule has 2 rings (SSSR count). The van der Waals surface area contributed by atoms with Gasteiger partial charge in [-0.2, -0.15) is 0 Å². The molecule has 2 aliphatic rings. The molecular weight excluding hydrogens is 256 g/mol. The number of hydrogen-bond acceptors (Lipinski definition) is 7. The molecule has 1 aliphatic heterocycles. The van der Waals surface area contributed by atoms with Gasteiger partial charge in [-0.15, -0.1) is 0 Å². The van der Waals surface area contributed by atoms with Crippen LogP contribution in [0, 0.1) is 0 Å². The number of ether oxygens (including phenoxy) is 2. The quantitative estimate of drug-likeness (QED) is 0.374. The van der Waals surface area contributed by atoms with Gasteiger partial charge in [0.25, 0.3) is 0 Å². The zero-order valence-electron chi connectivity index (χ0n) is 10.4. The lowest BCUT2D eigenvalue weighted by molar-refractivity contribution is -0.312. The molecule has 0 unspecified atom stereocenters. The lowest BCUT2D eigenvalue weighted by Crippen LogP contribution is -2.60. The van der Waals surface area contributed by atoms with E-state index in [2.05, 4.69) is 0 Å². The van der Waals surface area contributed by atoms with Crippen LogP contribution in [0.3, 0.4) is 0 Å². The first-order valence-electron chi connectivity index (χ1n) is 6.35. The van der Waals surface area contributed by atoms with Crippen LogP contribution in [0.5, 0.6) is 0 Å². The summed E-state index contributed by atoms with van der Waals surface area (Å²) in [6.45, 7) is -0.506. The van der Waals surface area contributed by atoms with E-state index in [-0.39, 0.29) is 0 Å². The van der Waals surface area contributed by atoms with Gasteiger partial charge in [0.05, 0.1) is 12.7 Å². The van der Waals surface area contributed by atoms with Crippen molar-refractivity contribution in [1.29, 1.82) is 0 Å². The van der Waals surface area contributed by atoms with E-state index in [9.17, 15) is 20.4 Å². The Labute approximate surface area is 110 Å². The molecule has 0 spiro atoms. The summed E-state index contributed by atoms with van der Waals surface area (Å²) in [5.41, 5.74) is 0. The number of hydrogen-bond donors (Lipinski definition) is 5. The molecule has 7 nitrogen and oxygen atoms in total. The van der Waals surface area contributed by atoms with Crippen LogP contribution in [-0.4, -0.2) is 75.1 Å². The average Bonchev–Trinajstić information content (AvgIpc) is 2.41. The minimum absolute atomic E-state index is 0.506. The smallest absolute Gasteiger partial charge is 0.187 e. The summed E-state index contributed by atoms with van der Waals surface area (Å²) in [4.78, 5) is 0. The van der Waals surface area contributed by atoms with E-state index in [0.717, 1.165) is 6.42 Å². The summed E-state index contributed by atoms with van der Waals surface area (Å²) < 4.78 is 10.6. The fraction of sp³-hybridized carbons (Fsp3) is 0.833. The number of aliphatic hydroxyl groups is 5. The Morgan fingerprint density at radius 1 is 1.11 bits per heavy atom. The highest BCUT2D eigenvalue weighted by Crippen LogP contribution is 2.25. The molecule has 1 heterocycles. The molecule has 110 valence electrons. The van der Waals surface area contributed by atoms with Crippen LogP contribution in [0.25, 0.3) is 0 Å². The Kier molecular flexibility index (Phi) is 4.91. The fourth-order valence-corrected chi connectivity index (χ4v) is 2.26. The summed E-state index contributed by atoms with van der Waals surface area (Å²) in [6, 6.07) is 0. The van der Waals surface area contributed by atoms with Crippen molar-refractivity contribution in [1.82, 2.24) is 0 Å². The first kappa shape index (κ1) is 14.9. The molecule has 5 N–H and O–H groups in total. The molecule has 0 bridgehead atoms. The summed E-state index contributed by atoms with van der Waals surface area (Å²) in [7, 11) is 0. The van der Waals surface area contributed by atoms with Crippen molar-refractivity contribution in [2.24, 2.45) is 0 Å². The SMILES string of the molecule is OC[C@H]1O[C@@H](O[C@@H]2C=CCC[C@@H]2O)[C@H](O)[C@@H](O)[C@@H]1O. The van der Waals surface area contributed by atoms with Gasteiger partial charge < -0.3 is 35.0 Å². The molecule has 0 aromatic carbocycles. The van der Waals surface area contributed by atoms with Crippen molar-refractivity contribution in [3.8, 4) is 0 Å². The topological polar surface area (TPSA) is 120 Å². The van der Waals surface area contributed by atoms with Gasteiger partial charge >= 0.3 is 0 Å². The summed E-state index contributed by atoms with van der Waals surface area (Å²) in [5, 5.41) is 47.8. The highest BCUT2D eigenvalue weighted by atomic mass is 16.7. The normalized spacial score (nSPS) is 47.3. The molecule has 1 fully saturated rings. The van der Waals surface area contributed by atoms with Crippen molar-refractivity contribution in [3.63, 3.8) is 0 Å². The van der Waals surface area contributed by atoms with E-state index in [1.54, 1.807) is 6.08 Å². The van der Waals surface area contributed by atoms with Gasteiger partial charge in [0.15, 0.2) is 6.29 Å². The van der Waals surface area contributed by atoms with Crippen LogP contribution in [0.1, 0.15) is 12.8 Å². The molecular formula is C12H20O7. The molecule has 0 aromatic rings. The van der Waals surface area contributed by atoms with Crippen molar-refractivity contribution in [2.75, 3.05) is 6.61 Å². The van der Waals surface area contributed by atoms with Gasteiger partial charge in [-0.1, -0.05) is 12.2 Å². The van der Waals surface area contributed by atoms with Gasteiger partial charge in [-0.3, -0.25) is 0 Å². The molecule has 0 aromatic heterocycles. The van der Waals surface area contributed by atoms with Gasteiger partial charge in [-0.25, -0.2) is 0 Å². The van der Waals surface area contributed by atoms with Gasteiger partial charge in [0, 0.05) is 0 Å². The fourth-order valence-electron chi connectivity index (χ4n) is 2.26. The second kappa shape index (κ2) is 6.27. The van der Waals surface area contributed by atoms with Crippen molar-refractivity contribution in [2.45, 2.75) is 55.8 Å². The van der Waals surface area contributed by atoms with Crippen LogP contribution in [0.4, 0.5) is 0 Å². The highest BCUT2D eigenvalue weighted by Gasteiger charge is 2.45. The monoisotopic (exact) mass is 276 g/mol. The Bertz CT molecular complexity index is 319. The largest absolute Gasteiger partial charge is 0.394 e. The highest BCUT2D eigenvalue weighted by molar-refractivity contribution is 5.00. The van der Waals surface area contributed by atoms with Gasteiger partial charge in [-0.05, 0) is 12.8 Å². The zero-order valence-corrected chi connectivity index (χ0v) is 10.4. The Hall–Kier alpha value is -0.540. The van der Waals surface area contributed by atoms with Gasteiger partial charge in [0.2, 0.25) is 0 Å². The van der Waals surface area contributed by atoms with Crippen molar-refractivity contribution in [3.05, 3.63) is 12.2 Å². The number of allylic oxidation sites excluding steroid dienone is 1. The lowest BCUT2D eigenvalue weighted by Gasteiger charge is -2.41. The molecule has 1 saturated heterocycles. The molecule has 7 atom stereocenters. The van der Waals surface area contributed by atoms with E-state index in [1.165, 1.54) is 0 Å². The Morgan fingerprint density at radius 2 is 1.84 bits per heavy atom. The first-order chi connectivity index (χ1) is 9.04. The minimum atomic E-state index is -1.47. The first-order valence-corrected chi connectivity index (χ1v) is 6.35. The number of rotatable bonds is 3. The lowest BCUT2D eigenvalue weighted by atomic mass is 9.98. The van der Waals surface area contributed by atoms with Gasteiger partial charge in [0.1, 0.15) is 30.5 Å². The third-order valence-corrected chi connectivity index (χ3v) is 3.47. The van der Waals surface area contributed by atoms with Crippen LogP contribution < -0.4 is 0 Å². The van der Waals surface area contributed by atoms with E-state index < -0.39 is 49.5 Å². The maximum Gasteiger partial charge on any atom is 0.187 e. The zero-order chi connectivity index (χ0) is 14.0. The van der Waals surface area contributed by atoms with Crippen LogP contribution in [0.15, 0.2) is 12.2 Å². The Balaban J connectivity index is 2.02. The molecule has 0 radical (unpaired) electrons. The van der Waals surface area contributed by atoms with Crippen LogP contribution in [-0.2, 0) is 9.47 Å². The minimum Gasteiger partial charge on any atom is -0.394 e. The van der Waals surface area contributed by atoms with E-state index in [1.807, 2.05) is 6.08 Å². The summed E-state index contributed by atoms with van der Waals surface area (Å²) in [6.07, 6.45) is -3.10. The third-order valence-electron chi connectivity index (χ3n) is 3.47. The second-order valence-electron chi connectivity index (χ2n) is 4.87. The maximum absolute atomic E-state index is 9.79. The summed E-state index contributed by atoms with van der Waals surface area (Å²) in [5.74, 6) is 0. The Morgan fingerprint density at radius 3 is 2.47 bits per heavy atom. The standard InChI is InChI=1S/C12H20O7/c13-5-8-9(15)10(16)11(17)12(19-8)18-7-4-2-1-3-6(7)14/h2,4,6-17H,1,3,5H2/t6-,7+,8+,9+,10-,11+,12+/m0/s1. The summed E-state index contributed by atoms with van der Waals surface area (Å²) >= 11 is 0. The van der Waals surface area contributed by atoms with Crippen LogP contribution >= 0.6 is 0 Å². The average molecular weight is 276 g/mol. The predicted octanol–water partition coefficient (Wildman–Crippen LogP) is -2.12. The van der Waals surface area contributed by atoms with E-state index in [4.69, 9.17) is 14.6 Å². The third kappa shape index (κ3) is 3.14. The van der Waals surface area contributed by atoms with Crippen molar-refractivity contribution < 1.29 is 35.0 Å². The molecule has 0 amide bonds. The van der Waals surface area contributed by atoms with E-state index in [0.29, 0.717) is 6.42 Å². The molecule has 0 saturated carbocycles.